The van der Waals surface area contributed by atoms with Crippen molar-refractivity contribution in [3.05, 3.63) is 0 Å². The van der Waals surface area contributed by atoms with Crippen molar-refractivity contribution >= 4 is 23.9 Å². The molecule has 157 valence electrons. The van der Waals surface area contributed by atoms with Gasteiger partial charge in [0.15, 0.2) is 0 Å². The number of hydrogen-bond acceptors (Lipinski definition) is 12. The minimum atomic E-state index is -1.44. The van der Waals surface area contributed by atoms with Gasteiger partial charge in [0, 0.05) is 0 Å². The monoisotopic (exact) mass is 430 g/mol. The normalized spacial score (nSPS) is 12.6. The van der Waals surface area contributed by atoms with Gasteiger partial charge in [0.2, 0.25) is 0 Å². The van der Waals surface area contributed by atoms with E-state index in [1.165, 1.54) is 0 Å². The first-order chi connectivity index (χ1) is 10.6. The Hall–Kier alpha value is -1.80. The van der Waals surface area contributed by atoms with Gasteiger partial charge in [-0.15, -0.1) is 0 Å². The van der Waals surface area contributed by atoms with Gasteiger partial charge in [-0.05, 0) is 27.7 Å². The third-order valence-corrected chi connectivity index (χ3v) is 1.36. The Morgan fingerprint density at radius 2 is 0.577 bits per heavy atom. The van der Waals surface area contributed by atoms with E-state index in [-0.39, 0.29) is 23.2 Å². The molecule has 8 N–H and O–H groups in total. The van der Waals surface area contributed by atoms with E-state index < -0.39 is 48.3 Å². The van der Waals surface area contributed by atoms with Crippen molar-refractivity contribution in [3.63, 3.8) is 0 Å². The smallest absolute Gasteiger partial charge is 0.547 e. The molecule has 0 bridgehead atoms. The molecule has 1 radical (unpaired) electrons. The van der Waals surface area contributed by atoms with Crippen molar-refractivity contribution in [3.8, 4) is 0 Å². The molecule has 0 amide bonds. The van der Waals surface area contributed by atoms with Gasteiger partial charge in [-0.1, -0.05) is 0 Å². The fourth-order valence-electron chi connectivity index (χ4n) is 0. The minimum absolute atomic E-state index is 0. The van der Waals surface area contributed by atoms with Crippen LogP contribution in [0.1, 0.15) is 27.7 Å². The van der Waals surface area contributed by atoms with E-state index in [2.05, 4.69) is 0 Å². The zero-order valence-electron chi connectivity index (χ0n) is 14.7. The van der Waals surface area contributed by atoms with Crippen LogP contribution >= 0.6 is 0 Å². The average Bonchev–Trinajstić information content (AvgIpc) is 2.40. The van der Waals surface area contributed by atoms with Gasteiger partial charge in [0.25, 0.3) is 0 Å². The predicted octanol–water partition coefficient (Wildman–Crippen LogP) is -7.16. The van der Waals surface area contributed by atoms with Gasteiger partial charge in [-0.3, -0.25) is 0 Å². The number of carboxylic acid groups (broad SMARTS) is 4. The largest absolute Gasteiger partial charge is 3.00 e. The molecule has 13 nitrogen and oxygen atoms in total. The number of hydrogen-bond donors (Lipinski definition) is 5. The zero-order valence-corrected chi connectivity index (χ0v) is 15.8. The molecule has 0 aromatic heterocycles. The van der Waals surface area contributed by atoms with Crippen LogP contribution in [0.25, 0.3) is 0 Å². The first-order valence-electron chi connectivity index (χ1n) is 6.13. The van der Waals surface area contributed by atoms with Crippen molar-refractivity contribution in [2.75, 3.05) is 0 Å². The fraction of sp³-hybridized carbons (Fsp3) is 0.667. The Morgan fingerprint density at radius 1 is 0.538 bits per heavy atom. The number of carbonyl (C=O) groups is 4. The summed E-state index contributed by atoms with van der Waals surface area (Å²) in [5.74, 6) is -5.74. The summed E-state index contributed by atoms with van der Waals surface area (Å²) in [7, 11) is 0. The Balaban J connectivity index is -0.0000000500. The summed E-state index contributed by atoms with van der Waals surface area (Å²) >= 11 is 0. The summed E-state index contributed by atoms with van der Waals surface area (Å²) in [6.45, 7) is 4.54. The van der Waals surface area contributed by atoms with Gasteiger partial charge < -0.3 is 66.2 Å². The second-order valence-electron chi connectivity index (χ2n) is 3.98. The van der Waals surface area contributed by atoms with Crippen LogP contribution < -0.4 is 26.6 Å². The van der Waals surface area contributed by atoms with Crippen LogP contribution in [0.3, 0.4) is 0 Å². The molecule has 0 aromatic carbocycles. The molecule has 0 aliphatic carbocycles. The number of aliphatic hydroxyl groups is 4. The summed E-state index contributed by atoms with van der Waals surface area (Å²) in [5.41, 5.74) is 0. The van der Waals surface area contributed by atoms with E-state index in [0.29, 0.717) is 0 Å². The van der Waals surface area contributed by atoms with Crippen molar-refractivity contribution < 1.29 is 77.1 Å². The molecule has 0 spiro atoms. The van der Waals surface area contributed by atoms with Gasteiger partial charge in [-0.25, -0.2) is 0 Å². The molecule has 0 heterocycles. The minimum Gasteiger partial charge on any atom is -0.547 e. The molecule has 0 rings (SSSR count). The number of quaternary nitrogens is 1. The van der Waals surface area contributed by atoms with Crippen LogP contribution in [0.5, 0.6) is 0 Å². The number of rotatable bonds is 4. The topological polar surface area (TPSA) is 278 Å². The van der Waals surface area contributed by atoms with Crippen molar-refractivity contribution in [2.24, 2.45) is 0 Å². The third-order valence-electron chi connectivity index (χ3n) is 1.36. The standard InChI is InChI=1S/4C3H6O3.Fe.H3N/c4*1-2(4)3(5)6;;/h4*2,4H,1H3,(H,5,6);;1H3/q;;;;+3;/p-3. The number of carbonyl (C=O) groups excluding carboxylic acids is 4. The molecule has 0 saturated carbocycles. The number of aliphatic carboxylic acids is 4. The van der Waals surface area contributed by atoms with Gasteiger partial charge in [-0.2, -0.15) is 0 Å². The van der Waals surface area contributed by atoms with Gasteiger partial charge in [0.1, 0.15) is 0 Å². The Morgan fingerprint density at radius 3 is 0.577 bits per heavy atom. The molecule has 4 atom stereocenters. The van der Waals surface area contributed by atoms with Crippen molar-refractivity contribution in [1.29, 1.82) is 0 Å². The summed E-state index contributed by atoms with van der Waals surface area (Å²) in [6.07, 6.45) is -5.37. The maximum absolute atomic E-state index is 9.34. The van der Waals surface area contributed by atoms with E-state index in [9.17, 15) is 39.6 Å². The summed E-state index contributed by atoms with van der Waals surface area (Å²) in [6, 6.07) is 0. The zero-order chi connectivity index (χ0) is 20.6. The van der Waals surface area contributed by atoms with Crippen molar-refractivity contribution in [2.45, 2.75) is 52.1 Å². The van der Waals surface area contributed by atoms with Crippen LogP contribution in [-0.4, -0.2) is 68.7 Å². The summed E-state index contributed by atoms with van der Waals surface area (Å²) < 4.78 is 0. The third kappa shape index (κ3) is 49.5. The van der Waals surface area contributed by atoms with Crippen LogP contribution in [0.15, 0.2) is 0 Å². The summed E-state index contributed by atoms with van der Waals surface area (Å²) in [5, 5.41) is 69.2. The Labute approximate surface area is 160 Å². The molecule has 0 aromatic rings. The van der Waals surface area contributed by atoms with E-state index in [1.54, 1.807) is 0 Å². The molecule has 0 aliphatic heterocycles. The van der Waals surface area contributed by atoms with E-state index >= 15 is 0 Å². The maximum atomic E-state index is 9.34. The first-order valence-corrected chi connectivity index (χ1v) is 6.13. The molecule has 0 saturated heterocycles. The van der Waals surface area contributed by atoms with Crippen LogP contribution in [0, 0.1) is 0 Å². The predicted molar refractivity (Wildman–Crippen MR) is 72.7 cm³/mol. The van der Waals surface area contributed by atoms with E-state index in [0.717, 1.165) is 27.7 Å². The molecule has 0 aliphatic rings. The molecule has 26 heavy (non-hydrogen) atoms. The number of aliphatic hydroxyl groups excluding tert-OH is 4. The molecule has 4 unspecified atom stereocenters. The van der Waals surface area contributed by atoms with Crippen LogP contribution in [0.4, 0.5) is 0 Å². The Kier molecular flexibility index (Phi) is 35.1. The van der Waals surface area contributed by atoms with Crippen LogP contribution in [-0.2, 0) is 36.2 Å². The van der Waals surface area contributed by atoms with Crippen molar-refractivity contribution in [1.82, 2.24) is 6.15 Å². The van der Waals surface area contributed by atoms with Gasteiger partial charge in [0.05, 0.1) is 48.3 Å². The average molecular weight is 430 g/mol. The van der Waals surface area contributed by atoms with E-state index in [1.807, 2.05) is 0 Å². The second-order valence-corrected chi connectivity index (χ2v) is 3.98. The number of carboxylic acids is 4. The quantitative estimate of drug-likeness (QED) is 0.260. The molecular formula is C12H24FeNO12. The molecule has 0 fully saturated rings. The summed E-state index contributed by atoms with van der Waals surface area (Å²) in [4.78, 5) is 37.4. The maximum Gasteiger partial charge on any atom is 3.00 e. The fourth-order valence-corrected chi connectivity index (χ4v) is 0. The van der Waals surface area contributed by atoms with Gasteiger partial charge >= 0.3 is 17.1 Å². The SMILES string of the molecule is CC(O)C(=O)[O-].CC(O)C(=O)[O-].CC(O)C(=O)[O-].CC(O)C(=O)[O-].[Fe+3].[NH4+]. The Bertz CT molecular complexity index is 312. The van der Waals surface area contributed by atoms with E-state index in [4.69, 9.17) is 20.4 Å². The second kappa shape index (κ2) is 23.2. The molecular weight excluding hydrogens is 406 g/mol. The first kappa shape index (κ1) is 39.3. The molecule has 14 heteroatoms. The van der Waals surface area contributed by atoms with Crippen LogP contribution in [0.2, 0.25) is 0 Å².